The van der Waals surface area contributed by atoms with E-state index < -0.39 is 0 Å². The number of aromatic nitrogens is 3. The average molecular weight is 389 g/mol. The summed E-state index contributed by atoms with van der Waals surface area (Å²) in [5.41, 5.74) is 2.15. The third-order valence-electron chi connectivity index (χ3n) is 4.04. The topological polar surface area (TPSA) is 52.0 Å². The van der Waals surface area contributed by atoms with Crippen LogP contribution in [0.15, 0.2) is 36.5 Å². The van der Waals surface area contributed by atoms with Crippen LogP contribution in [0.2, 0.25) is 0 Å². The average Bonchev–Trinajstić information content (AvgIpc) is 3.03. The molecule has 0 amide bonds. The lowest BCUT2D eigenvalue weighted by atomic mass is 10.0. The third-order valence-corrected chi connectivity index (χ3v) is 4.04. The van der Waals surface area contributed by atoms with Crippen molar-refractivity contribution >= 4 is 0 Å². The lowest BCUT2D eigenvalue weighted by Crippen LogP contribution is -2.31. The van der Waals surface area contributed by atoms with Gasteiger partial charge < -0.3 is 10.1 Å². The molecule has 1 N–H and O–H groups in total. The molecule has 2 rings (SSSR count). The second kappa shape index (κ2) is 9.66. The van der Waals surface area contributed by atoms with E-state index in [-0.39, 0.29) is 17.2 Å². The summed E-state index contributed by atoms with van der Waals surface area (Å²) in [6, 6.07) is 10.3. The molecule has 0 bridgehead atoms. The quantitative estimate of drug-likeness (QED) is 0.788. The number of nitrogens with zero attached hydrogens (tertiary/aromatic N) is 3. The van der Waals surface area contributed by atoms with Crippen molar-refractivity contribution < 1.29 is 4.74 Å². The van der Waals surface area contributed by atoms with Gasteiger partial charge in [-0.15, -0.1) is 5.10 Å². The molecule has 1 unspecified atom stereocenters. The normalized spacial score (nSPS) is 13.6. The van der Waals surface area contributed by atoms with Gasteiger partial charge in [0.2, 0.25) is 0 Å². The minimum atomic E-state index is -0.208. The van der Waals surface area contributed by atoms with Gasteiger partial charge in [0.15, 0.2) is 0 Å². The fourth-order valence-corrected chi connectivity index (χ4v) is 2.23. The maximum absolute atomic E-state index is 6.25. The molecule has 0 spiro atoms. The van der Waals surface area contributed by atoms with E-state index in [2.05, 4.69) is 90.1 Å². The van der Waals surface area contributed by atoms with Crippen molar-refractivity contribution in [2.24, 2.45) is 0 Å². The van der Waals surface area contributed by atoms with Crippen LogP contribution in [0.5, 0.6) is 0 Å². The molecule has 5 nitrogen and oxygen atoms in total. The highest BCUT2D eigenvalue weighted by atomic mass is 16.5. The third kappa shape index (κ3) is 9.47. The van der Waals surface area contributed by atoms with Crippen molar-refractivity contribution in [1.82, 2.24) is 20.3 Å². The van der Waals surface area contributed by atoms with Crippen LogP contribution in [-0.4, -0.2) is 33.2 Å². The summed E-state index contributed by atoms with van der Waals surface area (Å²) in [5, 5.41) is 11.7. The van der Waals surface area contributed by atoms with Crippen LogP contribution < -0.4 is 5.32 Å². The standard InChI is InChI=1S/C18H27N3O.C5H13N/c1-17(2,3)21-13-15(19-20-21)12-16(22-18(4,5)6)14-10-8-7-9-11-14;1-5(2,3)6-4/h7-11,13,16H,12H2,1-6H3;6H,1-4H3. The predicted octanol–water partition coefficient (Wildman–Crippen LogP) is 5.14. The zero-order chi connectivity index (χ0) is 21.6. The highest BCUT2D eigenvalue weighted by molar-refractivity contribution is 5.19. The number of rotatable bonds is 4. The Labute approximate surface area is 171 Å². The molecule has 5 heteroatoms. The Morgan fingerprint density at radius 2 is 1.50 bits per heavy atom. The molecule has 1 aromatic heterocycles. The van der Waals surface area contributed by atoms with Gasteiger partial charge in [-0.25, -0.2) is 4.68 Å². The highest BCUT2D eigenvalue weighted by Crippen LogP contribution is 2.27. The van der Waals surface area contributed by atoms with Crippen molar-refractivity contribution in [3.05, 3.63) is 47.8 Å². The first-order chi connectivity index (χ1) is 12.7. The Hall–Kier alpha value is -1.72. The van der Waals surface area contributed by atoms with Crippen molar-refractivity contribution in [1.29, 1.82) is 0 Å². The van der Waals surface area contributed by atoms with Gasteiger partial charge in [0.25, 0.3) is 0 Å². The van der Waals surface area contributed by atoms with E-state index in [1.54, 1.807) is 0 Å². The summed E-state index contributed by atoms with van der Waals surface area (Å²) in [6.07, 6.45) is 2.71. The van der Waals surface area contributed by atoms with E-state index in [9.17, 15) is 0 Å². The predicted molar refractivity (Wildman–Crippen MR) is 118 cm³/mol. The molecule has 1 atom stereocenters. The first-order valence-corrected chi connectivity index (χ1v) is 10.0. The molecule has 0 aliphatic carbocycles. The van der Waals surface area contributed by atoms with Crippen LogP contribution in [0.3, 0.4) is 0 Å². The Morgan fingerprint density at radius 1 is 0.964 bits per heavy atom. The summed E-state index contributed by atoms with van der Waals surface area (Å²) in [4.78, 5) is 0. The molecule has 0 saturated heterocycles. The summed E-state index contributed by atoms with van der Waals surface area (Å²) >= 11 is 0. The van der Waals surface area contributed by atoms with Gasteiger partial charge in [0.1, 0.15) is 0 Å². The number of ether oxygens (including phenoxy) is 1. The van der Waals surface area contributed by atoms with Gasteiger partial charge in [-0.2, -0.15) is 0 Å². The van der Waals surface area contributed by atoms with Crippen LogP contribution in [-0.2, 0) is 16.7 Å². The van der Waals surface area contributed by atoms with Gasteiger partial charge in [0, 0.05) is 18.2 Å². The SMILES string of the molecule is CC(C)(C)OC(Cc1cn(C(C)(C)C)nn1)c1ccccc1.CNC(C)(C)C. The van der Waals surface area contributed by atoms with E-state index in [0.29, 0.717) is 5.54 Å². The first kappa shape index (κ1) is 24.3. The molecule has 0 radical (unpaired) electrons. The van der Waals surface area contributed by atoms with Crippen LogP contribution in [0.1, 0.15) is 79.7 Å². The minimum Gasteiger partial charge on any atom is -0.368 e. The largest absolute Gasteiger partial charge is 0.368 e. The summed E-state index contributed by atoms with van der Waals surface area (Å²) < 4.78 is 8.15. The van der Waals surface area contributed by atoms with Gasteiger partial charge in [-0.3, -0.25) is 0 Å². The van der Waals surface area contributed by atoms with E-state index in [1.165, 1.54) is 5.56 Å². The number of hydrogen-bond donors (Lipinski definition) is 1. The summed E-state index contributed by atoms with van der Waals surface area (Å²) in [6.45, 7) is 19.0. The van der Waals surface area contributed by atoms with E-state index in [1.807, 2.05) is 36.1 Å². The van der Waals surface area contributed by atoms with Crippen LogP contribution >= 0.6 is 0 Å². The Balaban J connectivity index is 0.000000568. The van der Waals surface area contributed by atoms with Crippen LogP contribution in [0, 0.1) is 0 Å². The van der Waals surface area contributed by atoms with Crippen molar-refractivity contribution in [3.8, 4) is 0 Å². The number of hydrogen-bond acceptors (Lipinski definition) is 4. The summed E-state index contributed by atoms with van der Waals surface area (Å²) in [5.74, 6) is 0. The first-order valence-electron chi connectivity index (χ1n) is 10.0. The van der Waals surface area contributed by atoms with Gasteiger partial charge in [-0.05, 0) is 74.9 Å². The maximum Gasteiger partial charge on any atom is 0.0888 e. The molecular formula is C23H40N4O. The highest BCUT2D eigenvalue weighted by Gasteiger charge is 2.23. The fourth-order valence-electron chi connectivity index (χ4n) is 2.23. The Bertz CT molecular complexity index is 688. The smallest absolute Gasteiger partial charge is 0.0888 e. The van der Waals surface area contributed by atoms with E-state index in [4.69, 9.17) is 4.74 Å². The van der Waals surface area contributed by atoms with Crippen molar-refractivity contribution in [2.75, 3.05) is 7.05 Å². The molecule has 2 aromatic rings. The van der Waals surface area contributed by atoms with Crippen molar-refractivity contribution in [3.63, 3.8) is 0 Å². The number of nitrogens with one attached hydrogen (secondary N) is 1. The van der Waals surface area contributed by atoms with Gasteiger partial charge in [-0.1, -0.05) is 35.5 Å². The molecule has 0 aliphatic rings. The van der Waals surface area contributed by atoms with Gasteiger partial charge >= 0.3 is 0 Å². The Morgan fingerprint density at radius 3 is 1.89 bits per heavy atom. The lowest BCUT2D eigenvalue weighted by molar-refractivity contribution is -0.0617. The minimum absolute atomic E-state index is 0.0219. The zero-order valence-electron chi connectivity index (χ0n) is 19.5. The zero-order valence-corrected chi connectivity index (χ0v) is 19.5. The molecule has 0 fully saturated rings. The van der Waals surface area contributed by atoms with E-state index >= 15 is 0 Å². The molecule has 0 saturated carbocycles. The molecule has 1 aromatic carbocycles. The summed E-state index contributed by atoms with van der Waals surface area (Å²) in [7, 11) is 1.96. The Kier molecular flexibility index (Phi) is 8.39. The molecular weight excluding hydrogens is 348 g/mol. The molecule has 0 aliphatic heterocycles. The monoisotopic (exact) mass is 388 g/mol. The molecule has 28 heavy (non-hydrogen) atoms. The van der Waals surface area contributed by atoms with Crippen molar-refractivity contribution in [2.45, 2.75) is 91.5 Å². The molecule has 1 heterocycles. The lowest BCUT2D eigenvalue weighted by Gasteiger charge is -2.27. The van der Waals surface area contributed by atoms with Gasteiger partial charge in [0.05, 0.1) is 22.9 Å². The van der Waals surface area contributed by atoms with Crippen LogP contribution in [0.4, 0.5) is 0 Å². The van der Waals surface area contributed by atoms with Crippen LogP contribution in [0.25, 0.3) is 0 Å². The maximum atomic E-state index is 6.25. The second-order valence-electron chi connectivity index (χ2n) is 10.2. The fraction of sp³-hybridized carbons (Fsp3) is 0.652. The second-order valence-corrected chi connectivity index (χ2v) is 10.2. The molecule has 158 valence electrons. The number of benzene rings is 1. The van der Waals surface area contributed by atoms with E-state index in [0.717, 1.165) is 12.1 Å².